The zero-order chi connectivity index (χ0) is 19.0. The lowest BCUT2D eigenvalue weighted by molar-refractivity contribution is -0.133. The Morgan fingerprint density at radius 2 is 2.11 bits per heavy atom. The van der Waals surface area contributed by atoms with Crippen molar-refractivity contribution >= 4 is 11.8 Å². The van der Waals surface area contributed by atoms with Crippen molar-refractivity contribution in [1.82, 2.24) is 15.5 Å². The van der Waals surface area contributed by atoms with E-state index in [1.54, 1.807) is 18.2 Å². The van der Waals surface area contributed by atoms with E-state index >= 15 is 0 Å². The lowest BCUT2D eigenvalue weighted by atomic mass is 10.0. The summed E-state index contributed by atoms with van der Waals surface area (Å²) in [6, 6.07) is 4.51. The molecular formula is C18H21F2N3O4. The quantitative estimate of drug-likeness (QED) is 0.813. The molecule has 2 atom stereocenters. The van der Waals surface area contributed by atoms with Gasteiger partial charge < -0.3 is 25.0 Å². The second-order valence-corrected chi connectivity index (χ2v) is 7.21. The molecule has 2 fully saturated rings. The molecule has 3 aliphatic rings. The molecule has 7 nitrogen and oxygen atoms in total. The molecule has 2 N–H and O–H groups in total. The first-order valence-corrected chi connectivity index (χ1v) is 8.99. The van der Waals surface area contributed by atoms with E-state index in [-0.39, 0.29) is 37.5 Å². The molecule has 4 rings (SSSR count). The predicted molar refractivity (Wildman–Crippen MR) is 90.9 cm³/mol. The zero-order valence-corrected chi connectivity index (χ0v) is 14.7. The van der Waals surface area contributed by atoms with Gasteiger partial charge in [0.1, 0.15) is 0 Å². The molecule has 0 aromatic heterocycles. The number of hydrogen-bond donors (Lipinski definition) is 2. The van der Waals surface area contributed by atoms with Crippen LogP contribution in [0.5, 0.6) is 11.5 Å². The Hall–Kier alpha value is -2.42. The zero-order valence-electron chi connectivity index (χ0n) is 14.7. The van der Waals surface area contributed by atoms with Gasteiger partial charge in [-0.1, -0.05) is 0 Å². The summed E-state index contributed by atoms with van der Waals surface area (Å²) in [5, 5.41) is 5.94. The van der Waals surface area contributed by atoms with Gasteiger partial charge >= 0.3 is 0 Å². The third-order valence-corrected chi connectivity index (χ3v) is 5.19. The molecule has 2 amide bonds. The third-order valence-electron chi connectivity index (χ3n) is 5.19. The standard InChI is InChI=1S/C18H21F2N3O4/c19-18(20)3-4-23(9-18)17(25)13-5-11(7-21-13)8-22-16(24)12-1-2-14-15(6-12)27-10-26-14/h1-2,6,11,13,21H,3-5,7-10H2,(H,22,24)/t11-,13-/m0/s1. The van der Waals surface area contributed by atoms with Crippen LogP contribution < -0.4 is 20.1 Å². The van der Waals surface area contributed by atoms with Crippen LogP contribution in [-0.2, 0) is 4.79 Å². The summed E-state index contributed by atoms with van der Waals surface area (Å²) < 4.78 is 37.1. The van der Waals surface area contributed by atoms with Crippen molar-refractivity contribution < 1.29 is 27.8 Å². The summed E-state index contributed by atoms with van der Waals surface area (Å²) in [5.74, 6) is -2.08. The van der Waals surface area contributed by atoms with E-state index < -0.39 is 18.5 Å². The molecule has 0 unspecified atom stereocenters. The van der Waals surface area contributed by atoms with Gasteiger partial charge in [-0.25, -0.2) is 8.78 Å². The number of nitrogens with zero attached hydrogens (tertiary/aromatic N) is 1. The van der Waals surface area contributed by atoms with Crippen molar-refractivity contribution in [3.05, 3.63) is 23.8 Å². The van der Waals surface area contributed by atoms with Crippen LogP contribution in [0.25, 0.3) is 0 Å². The Kier molecular flexibility index (Phi) is 4.63. The summed E-state index contributed by atoms with van der Waals surface area (Å²) in [4.78, 5) is 25.9. The average molecular weight is 381 g/mol. The van der Waals surface area contributed by atoms with Gasteiger partial charge in [0.15, 0.2) is 11.5 Å². The van der Waals surface area contributed by atoms with Crippen molar-refractivity contribution in [2.75, 3.05) is 33.0 Å². The molecule has 1 aromatic carbocycles. The average Bonchev–Trinajstić information content (AvgIpc) is 3.37. The number of benzene rings is 1. The van der Waals surface area contributed by atoms with Crippen molar-refractivity contribution in [3.8, 4) is 11.5 Å². The fourth-order valence-corrected chi connectivity index (χ4v) is 3.67. The minimum Gasteiger partial charge on any atom is -0.454 e. The summed E-state index contributed by atoms with van der Waals surface area (Å²) in [6.45, 7) is 0.694. The van der Waals surface area contributed by atoms with E-state index in [1.165, 1.54) is 4.90 Å². The Morgan fingerprint density at radius 1 is 1.30 bits per heavy atom. The highest BCUT2D eigenvalue weighted by Crippen LogP contribution is 2.32. The van der Waals surface area contributed by atoms with Crippen LogP contribution in [0.1, 0.15) is 23.2 Å². The molecule has 3 aliphatic heterocycles. The summed E-state index contributed by atoms with van der Waals surface area (Å²) in [6.07, 6.45) is 0.239. The van der Waals surface area contributed by atoms with Crippen LogP contribution in [-0.4, -0.2) is 61.7 Å². The van der Waals surface area contributed by atoms with Gasteiger partial charge in [0.25, 0.3) is 11.8 Å². The predicted octanol–water partition coefficient (Wildman–Crippen LogP) is 0.991. The van der Waals surface area contributed by atoms with Gasteiger partial charge in [-0.2, -0.15) is 0 Å². The molecular weight excluding hydrogens is 360 g/mol. The minimum absolute atomic E-state index is 0.0695. The molecule has 0 bridgehead atoms. The first-order valence-electron chi connectivity index (χ1n) is 8.99. The number of rotatable bonds is 4. The molecule has 27 heavy (non-hydrogen) atoms. The number of hydrogen-bond acceptors (Lipinski definition) is 5. The molecule has 3 heterocycles. The summed E-state index contributed by atoms with van der Waals surface area (Å²) in [5.41, 5.74) is 0.470. The fraction of sp³-hybridized carbons (Fsp3) is 0.556. The molecule has 1 aromatic rings. The molecule has 2 saturated heterocycles. The smallest absolute Gasteiger partial charge is 0.267 e. The number of likely N-dealkylation sites (tertiary alicyclic amines) is 1. The van der Waals surface area contributed by atoms with Gasteiger partial charge in [0.2, 0.25) is 12.7 Å². The first kappa shape index (κ1) is 18.0. The number of carbonyl (C=O) groups is 2. The highest BCUT2D eigenvalue weighted by Gasteiger charge is 2.43. The third kappa shape index (κ3) is 3.83. The number of fused-ring (bicyclic) bond motifs is 1. The molecule has 9 heteroatoms. The van der Waals surface area contributed by atoms with E-state index in [9.17, 15) is 18.4 Å². The Bertz CT molecular complexity index is 758. The second kappa shape index (κ2) is 6.95. The van der Waals surface area contributed by atoms with Crippen molar-refractivity contribution in [1.29, 1.82) is 0 Å². The minimum atomic E-state index is -2.79. The maximum atomic E-state index is 13.3. The molecule has 0 aliphatic carbocycles. The van der Waals surface area contributed by atoms with Gasteiger partial charge in [0, 0.05) is 31.6 Å². The van der Waals surface area contributed by atoms with Crippen molar-refractivity contribution in [3.63, 3.8) is 0 Å². The van der Waals surface area contributed by atoms with E-state index in [2.05, 4.69) is 10.6 Å². The highest BCUT2D eigenvalue weighted by atomic mass is 19.3. The molecule has 0 saturated carbocycles. The lowest BCUT2D eigenvalue weighted by Gasteiger charge is -2.20. The second-order valence-electron chi connectivity index (χ2n) is 7.21. The summed E-state index contributed by atoms with van der Waals surface area (Å²) in [7, 11) is 0. The van der Waals surface area contributed by atoms with Crippen LogP contribution in [0.3, 0.4) is 0 Å². The largest absolute Gasteiger partial charge is 0.454 e. The number of nitrogens with one attached hydrogen (secondary N) is 2. The van der Waals surface area contributed by atoms with Crippen LogP contribution in [0.2, 0.25) is 0 Å². The first-order chi connectivity index (χ1) is 12.9. The Morgan fingerprint density at radius 3 is 2.89 bits per heavy atom. The van der Waals surface area contributed by atoms with Crippen LogP contribution in [0, 0.1) is 5.92 Å². The number of amides is 2. The van der Waals surface area contributed by atoms with Gasteiger partial charge in [-0.05, 0) is 30.5 Å². The maximum absolute atomic E-state index is 13.3. The summed E-state index contributed by atoms with van der Waals surface area (Å²) >= 11 is 0. The normalized spacial score (nSPS) is 25.6. The molecule has 146 valence electrons. The van der Waals surface area contributed by atoms with Crippen LogP contribution in [0.4, 0.5) is 8.78 Å². The van der Waals surface area contributed by atoms with Gasteiger partial charge in [0.05, 0.1) is 12.6 Å². The number of alkyl halides is 2. The van der Waals surface area contributed by atoms with Crippen molar-refractivity contribution in [2.45, 2.75) is 24.8 Å². The van der Waals surface area contributed by atoms with E-state index in [0.717, 1.165) is 0 Å². The van der Waals surface area contributed by atoms with Crippen LogP contribution in [0.15, 0.2) is 18.2 Å². The number of halogens is 2. The van der Waals surface area contributed by atoms with E-state index in [4.69, 9.17) is 9.47 Å². The van der Waals surface area contributed by atoms with Crippen LogP contribution >= 0.6 is 0 Å². The molecule has 0 radical (unpaired) electrons. The number of carbonyl (C=O) groups excluding carboxylic acids is 2. The van der Waals surface area contributed by atoms with Gasteiger partial charge in [-0.15, -0.1) is 0 Å². The molecule has 0 spiro atoms. The van der Waals surface area contributed by atoms with E-state index in [0.29, 0.717) is 36.6 Å². The lowest BCUT2D eigenvalue weighted by Crippen LogP contribution is -2.43. The Balaban J connectivity index is 1.26. The maximum Gasteiger partial charge on any atom is 0.267 e. The van der Waals surface area contributed by atoms with Crippen molar-refractivity contribution in [2.24, 2.45) is 5.92 Å². The topological polar surface area (TPSA) is 79.9 Å². The number of ether oxygens (including phenoxy) is 2. The highest BCUT2D eigenvalue weighted by molar-refractivity contribution is 5.95. The van der Waals surface area contributed by atoms with Gasteiger partial charge in [-0.3, -0.25) is 9.59 Å². The SMILES string of the molecule is O=C(NC[C@@H]1CN[C@H](C(=O)N2CCC(F)(F)C2)C1)c1ccc2c(c1)OCO2. The monoisotopic (exact) mass is 381 g/mol. The van der Waals surface area contributed by atoms with E-state index in [1.807, 2.05) is 0 Å². The Labute approximate surface area is 155 Å². The fourth-order valence-electron chi connectivity index (χ4n) is 3.67.